The molecule has 5 heteroatoms. The lowest BCUT2D eigenvalue weighted by Gasteiger charge is -2.24. The molecule has 1 N–H and O–H groups in total. The molecule has 1 aromatic carbocycles. The molecule has 0 bridgehead atoms. The van der Waals surface area contributed by atoms with Crippen LogP contribution in [-0.2, 0) is 0 Å². The second-order valence-corrected chi connectivity index (χ2v) is 6.54. The standard InChI is InChI=1S/C15H22BrFN2O/c1-10(2)7-12(9-19(3)4)18-15(20)13-6-5-11(17)8-14(13)16/h5-6,8,10,12H,7,9H2,1-4H3,(H,18,20). The number of halogens is 2. The van der Waals surface area contributed by atoms with E-state index in [-0.39, 0.29) is 17.8 Å². The third-order valence-electron chi connectivity index (χ3n) is 2.85. The van der Waals surface area contributed by atoms with Gasteiger partial charge in [0.15, 0.2) is 0 Å². The number of rotatable bonds is 6. The second-order valence-electron chi connectivity index (χ2n) is 5.69. The molecule has 3 nitrogen and oxygen atoms in total. The van der Waals surface area contributed by atoms with Gasteiger partial charge >= 0.3 is 0 Å². The van der Waals surface area contributed by atoms with Crippen molar-refractivity contribution in [2.24, 2.45) is 5.92 Å². The Morgan fingerprint density at radius 2 is 2.05 bits per heavy atom. The number of nitrogens with one attached hydrogen (secondary N) is 1. The lowest BCUT2D eigenvalue weighted by Crippen LogP contribution is -2.42. The van der Waals surface area contributed by atoms with E-state index in [2.05, 4.69) is 35.1 Å². The van der Waals surface area contributed by atoms with E-state index in [9.17, 15) is 9.18 Å². The smallest absolute Gasteiger partial charge is 0.252 e. The lowest BCUT2D eigenvalue weighted by atomic mass is 10.0. The maximum absolute atomic E-state index is 13.0. The molecule has 1 aromatic rings. The van der Waals surface area contributed by atoms with Gasteiger partial charge in [-0.3, -0.25) is 4.79 Å². The molecular formula is C15H22BrFN2O. The van der Waals surface area contributed by atoms with Gasteiger partial charge in [-0.1, -0.05) is 13.8 Å². The molecule has 0 aromatic heterocycles. The first-order valence-electron chi connectivity index (χ1n) is 6.70. The third-order valence-corrected chi connectivity index (χ3v) is 3.51. The summed E-state index contributed by atoms with van der Waals surface area (Å²) in [5.41, 5.74) is 0.457. The van der Waals surface area contributed by atoms with Crippen molar-refractivity contribution in [1.29, 1.82) is 0 Å². The molecule has 1 atom stereocenters. The largest absolute Gasteiger partial charge is 0.348 e. The van der Waals surface area contributed by atoms with Crippen LogP contribution >= 0.6 is 15.9 Å². The molecule has 112 valence electrons. The zero-order valence-corrected chi connectivity index (χ0v) is 14.0. The Labute approximate surface area is 128 Å². The number of carbonyl (C=O) groups is 1. The normalized spacial score (nSPS) is 12.8. The summed E-state index contributed by atoms with van der Waals surface area (Å²) in [6.45, 7) is 5.04. The average molecular weight is 345 g/mol. The first-order valence-corrected chi connectivity index (χ1v) is 7.49. The van der Waals surface area contributed by atoms with Crippen LogP contribution in [0.4, 0.5) is 4.39 Å². The van der Waals surface area contributed by atoms with E-state index in [0.29, 0.717) is 16.0 Å². The number of carbonyl (C=O) groups excluding carboxylic acids is 1. The molecule has 0 saturated carbocycles. The van der Waals surface area contributed by atoms with Crippen molar-refractivity contribution in [3.63, 3.8) is 0 Å². The highest BCUT2D eigenvalue weighted by molar-refractivity contribution is 9.10. The summed E-state index contributed by atoms with van der Waals surface area (Å²) in [4.78, 5) is 14.3. The second kappa shape index (κ2) is 7.74. The van der Waals surface area contributed by atoms with Gasteiger partial charge in [0.2, 0.25) is 0 Å². The van der Waals surface area contributed by atoms with E-state index < -0.39 is 0 Å². The highest BCUT2D eigenvalue weighted by Crippen LogP contribution is 2.18. The number of amides is 1. The summed E-state index contributed by atoms with van der Waals surface area (Å²) >= 11 is 3.23. The number of likely N-dealkylation sites (N-methyl/N-ethyl adjacent to an activating group) is 1. The van der Waals surface area contributed by atoms with Gasteiger partial charge in [-0.25, -0.2) is 4.39 Å². The van der Waals surface area contributed by atoms with Crippen LogP contribution in [0.15, 0.2) is 22.7 Å². The van der Waals surface area contributed by atoms with Crippen molar-refractivity contribution in [3.8, 4) is 0 Å². The van der Waals surface area contributed by atoms with Gasteiger partial charge in [0, 0.05) is 17.1 Å². The fourth-order valence-electron chi connectivity index (χ4n) is 2.13. The van der Waals surface area contributed by atoms with Crippen LogP contribution in [0.25, 0.3) is 0 Å². The monoisotopic (exact) mass is 344 g/mol. The molecular weight excluding hydrogens is 323 g/mol. The van der Waals surface area contributed by atoms with Gasteiger partial charge in [0.05, 0.1) is 5.56 Å². The maximum Gasteiger partial charge on any atom is 0.252 e. The van der Waals surface area contributed by atoms with Gasteiger partial charge in [0.25, 0.3) is 5.91 Å². The fraction of sp³-hybridized carbons (Fsp3) is 0.533. The highest BCUT2D eigenvalue weighted by Gasteiger charge is 2.17. The summed E-state index contributed by atoms with van der Waals surface area (Å²) in [7, 11) is 3.96. The summed E-state index contributed by atoms with van der Waals surface area (Å²) in [5.74, 6) is -0.0401. The minimum absolute atomic E-state index is 0.0782. The van der Waals surface area contributed by atoms with E-state index in [1.54, 1.807) is 0 Å². The number of hydrogen-bond donors (Lipinski definition) is 1. The minimum atomic E-state index is -0.361. The van der Waals surface area contributed by atoms with Gasteiger partial charge in [-0.15, -0.1) is 0 Å². The fourth-order valence-corrected chi connectivity index (χ4v) is 2.66. The van der Waals surface area contributed by atoms with Crippen LogP contribution < -0.4 is 5.32 Å². The summed E-state index contributed by atoms with van der Waals surface area (Å²) in [6.07, 6.45) is 0.905. The van der Waals surface area contributed by atoms with Crippen LogP contribution in [0.3, 0.4) is 0 Å². The molecule has 0 radical (unpaired) electrons. The zero-order chi connectivity index (χ0) is 15.3. The predicted molar refractivity (Wildman–Crippen MR) is 83.4 cm³/mol. The molecule has 1 amide bonds. The zero-order valence-electron chi connectivity index (χ0n) is 12.4. The molecule has 0 saturated heterocycles. The predicted octanol–water partition coefficient (Wildman–Crippen LogP) is 3.29. The summed E-state index contributed by atoms with van der Waals surface area (Å²) in [5, 5.41) is 3.02. The molecule has 0 spiro atoms. The Hall–Kier alpha value is -0.940. The van der Waals surface area contributed by atoms with Gasteiger partial charge in [0.1, 0.15) is 5.82 Å². The Morgan fingerprint density at radius 1 is 1.40 bits per heavy atom. The first-order chi connectivity index (χ1) is 9.29. The Bertz CT molecular complexity index is 453. The average Bonchev–Trinajstić information content (AvgIpc) is 2.26. The summed E-state index contributed by atoms with van der Waals surface area (Å²) < 4.78 is 13.5. The quantitative estimate of drug-likeness (QED) is 0.858. The van der Waals surface area contributed by atoms with Crippen molar-refractivity contribution in [2.45, 2.75) is 26.3 Å². The topological polar surface area (TPSA) is 32.3 Å². The van der Waals surface area contributed by atoms with E-state index in [1.165, 1.54) is 18.2 Å². The molecule has 1 unspecified atom stereocenters. The Morgan fingerprint density at radius 3 is 2.55 bits per heavy atom. The van der Waals surface area contributed by atoms with E-state index >= 15 is 0 Å². The SMILES string of the molecule is CC(C)CC(CN(C)C)NC(=O)c1ccc(F)cc1Br. The highest BCUT2D eigenvalue weighted by atomic mass is 79.9. The molecule has 0 heterocycles. The Kier molecular flexibility index (Phi) is 6.62. The van der Waals surface area contributed by atoms with Crippen molar-refractivity contribution in [2.75, 3.05) is 20.6 Å². The molecule has 1 rings (SSSR count). The lowest BCUT2D eigenvalue weighted by molar-refractivity contribution is 0.0923. The van der Waals surface area contributed by atoms with Crippen molar-refractivity contribution >= 4 is 21.8 Å². The van der Waals surface area contributed by atoms with E-state index in [0.717, 1.165) is 13.0 Å². The number of benzene rings is 1. The van der Waals surface area contributed by atoms with Crippen LogP contribution in [0.5, 0.6) is 0 Å². The van der Waals surface area contributed by atoms with Crippen LogP contribution in [0.2, 0.25) is 0 Å². The maximum atomic E-state index is 13.0. The summed E-state index contributed by atoms with van der Waals surface area (Å²) in [6, 6.07) is 4.17. The van der Waals surface area contributed by atoms with E-state index in [1.807, 2.05) is 19.0 Å². The van der Waals surface area contributed by atoms with Gasteiger partial charge in [-0.05, 0) is 60.6 Å². The molecule has 0 fully saturated rings. The van der Waals surface area contributed by atoms with Crippen molar-refractivity contribution in [1.82, 2.24) is 10.2 Å². The molecule has 0 aliphatic carbocycles. The van der Waals surface area contributed by atoms with Gasteiger partial charge in [-0.2, -0.15) is 0 Å². The van der Waals surface area contributed by atoms with E-state index in [4.69, 9.17) is 0 Å². The minimum Gasteiger partial charge on any atom is -0.348 e. The van der Waals surface area contributed by atoms with Crippen LogP contribution in [0.1, 0.15) is 30.6 Å². The molecule has 0 aliphatic rings. The Balaban J connectivity index is 2.78. The third kappa shape index (κ3) is 5.59. The molecule has 0 aliphatic heterocycles. The van der Waals surface area contributed by atoms with Crippen LogP contribution in [-0.4, -0.2) is 37.5 Å². The first kappa shape index (κ1) is 17.1. The van der Waals surface area contributed by atoms with Crippen molar-refractivity contribution < 1.29 is 9.18 Å². The van der Waals surface area contributed by atoms with Crippen molar-refractivity contribution in [3.05, 3.63) is 34.1 Å². The van der Waals surface area contributed by atoms with Crippen LogP contribution in [0, 0.1) is 11.7 Å². The van der Waals surface area contributed by atoms with Gasteiger partial charge < -0.3 is 10.2 Å². The number of hydrogen-bond acceptors (Lipinski definition) is 2. The molecule has 20 heavy (non-hydrogen) atoms. The number of nitrogens with zero attached hydrogens (tertiary/aromatic N) is 1.